The number of pyridine rings is 1. The molecule has 94 valence electrons. The van der Waals surface area contributed by atoms with Crippen LogP contribution in [-0.4, -0.2) is 33.5 Å². The molecule has 0 saturated carbocycles. The average molecular weight is 257 g/mol. The molecule has 4 nitrogen and oxygen atoms in total. The van der Waals surface area contributed by atoms with Gasteiger partial charge in [0.05, 0.1) is 11.4 Å². The molecule has 1 unspecified atom stereocenters. The third kappa shape index (κ3) is 4.32. The van der Waals surface area contributed by atoms with Gasteiger partial charge in [-0.15, -0.1) is 0 Å². The van der Waals surface area contributed by atoms with Crippen LogP contribution >= 0.6 is 11.6 Å². The molecule has 0 radical (unpaired) electrons. The van der Waals surface area contributed by atoms with E-state index in [1.54, 1.807) is 12.4 Å². The van der Waals surface area contributed by atoms with Crippen molar-refractivity contribution >= 4 is 17.6 Å². The van der Waals surface area contributed by atoms with E-state index >= 15 is 0 Å². The maximum atomic E-state index is 10.7. The summed E-state index contributed by atoms with van der Waals surface area (Å²) in [6.07, 6.45) is 3.43. The van der Waals surface area contributed by atoms with Gasteiger partial charge in [0.2, 0.25) is 0 Å². The van der Waals surface area contributed by atoms with Crippen LogP contribution in [0.25, 0.3) is 0 Å². The fraction of sp³-hybridized carbons (Fsp3) is 0.500. The first-order valence-electron chi connectivity index (χ1n) is 5.58. The van der Waals surface area contributed by atoms with Gasteiger partial charge in [0.1, 0.15) is 0 Å². The SMILES string of the molecule is CCN(Cc1ccncc1Cl)C(C)CC(=O)O. The molecule has 0 spiro atoms. The lowest BCUT2D eigenvalue weighted by Crippen LogP contribution is -2.34. The smallest absolute Gasteiger partial charge is 0.304 e. The van der Waals surface area contributed by atoms with Crippen molar-refractivity contribution in [3.63, 3.8) is 0 Å². The molecule has 0 amide bonds. The summed E-state index contributed by atoms with van der Waals surface area (Å²) in [6, 6.07) is 1.85. The monoisotopic (exact) mass is 256 g/mol. The van der Waals surface area contributed by atoms with Gasteiger partial charge in [-0.05, 0) is 25.1 Å². The van der Waals surface area contributed by atoms with E-state index in [1.807, 2.05) is 19.9 Å². The molecule has 0 aromatic carbocycles. The number of aromatic nitrogens is 1. The quantitative estimate of drug-likeness (QED) is 0.849. The van der Waals surface area contributed by atoms with Crippen molar-refractivity contribution in [1.29, 1.82) is 0 Å². The Morgan fingerprint density at radius 2 is 2.35 bits per heavy atom. The first-order chi connectivity index (χ1) is 8.04. The Kier molecular flexibility index (Phi) is 5.38. The summed E-state index contributed by atoms with van der Waals surface area (Å²) in [6.45, 7) is 5.35. The molecule has 1 atom stereocenters. The van der Waals surface area contributed by atoms with Crippen molar-refractivity contribution in [2.75, 3.05) is 6.54 Å². The molecule has 5 heteroatoms. The highest BCUT2D eigenvalue weighted by Gasteiger charge is 2.16. The lowest BCUT2D eigenvalue weighted by Gasteiger charge is -2.27. The van der Waals surface area contributed by atoms with Crippen molar-refractivity contribution < 1.29 is 9.90 Å². The molecular formula is C12H17ClN2O2. The average Bonchev–Trinajstić information content (AvgIpc) is 2.27. The van der Waals surface area contributed by atoms with Crippen LogP contribution in [0, 0.1) is 0 Å². The van der Waals surface area contributed by atoms with Crippen LogP contribution in [0.3, 0.4) is 0 Å². The molecule has 0 saturated heterocycles. The Labute approximate surface area is 106 Å². The van der Waals surface area contributed by atoms with Crippen LogP contribution in [0.2, 0.25) is 5.02 Å². The second-order valence-electron chi connectivity index (χ2n) is 3.98. The Bertz CT molecular complexity index is 385. The summed E-state index contributed by atoms with van der Waals surface area (Å²) in [5.41, 5.74) is 0.973. The van der Waals surface area contributed by atoms with E-state index in [1.165, 1.54) is 0 Å². The van der Waals surface area contributed by atoms with Crippen LogP contribution < -0.4 is 0 Å². The molecule has 0 aliphatic carbocycles. The molecule has 0 fully saturated rings. The number of halogens is 1. The Morgan fingerprint density at radius 1 is 1.65 bits per heavy atom. The number of nitrogens with zero attached hydrogens (tertiary/aromatic N) is 2. The number of rotatable bonds is 6. The first kappa shape index (κ1) is 13.9. The summed E-state index contributed by atoms with van der Waals surface area (Å²) in [4.78, 5) is 16.7. The summed E-state index contributed by atoms with van der Waals surface area (Å²) in [5, 5.41) is 9.41. The third-order valence-corrected chi connectivity index (χ3v) is 3.07. The number of hydrogen-bond acceptors (Lipinski definition) is 3. The van der Waals surface area contributed by atoms with Gasteiger partial charge in [-0.3, -0.25) is 14.7 Å². The highest BCUT2D eigenvalue weighted by atomic mass is 35.5. The molecule has 1 aromatic rings. The van der Waals surface area contributed by atoms with E-state index < -0.39 is 5.97 Å². The normalized spacial score (nSPS) is 12.7. The summed E-state index contributed by atoms with van der Waals surface area (Å²) < 4.78 is 0. The van der Waals surface area contributed by atoms with Gasteiger partial charge in [0.25, 0.3) is 0 Å². The zero-order chi connectivity index (χ0) is 12.8. The Morgan fingerprint density at radius 3 is 2.88 bits per heavy atom. The largest absolute Gasteiger partial charge is 0.481 e. The van der Waals surface area contributed by atoms with Gasteiger partial charge >= 0.3 is 5.97 Å². The van der Waals surface area contributed by atoms with E-state index in [2.05, 4.69) is 9.88 Å². The number of hydrogen-bond donors (Lipinski definition) is 1. The molecule has 0 aliphatic heterocycles. The van der Waals surface area contributed by atoms with Crippen LogP contribution in [-0.2, 0) is 11.3 Å². The lowest BCUT2D eigenvalue weighted by molar-refractivity contribution is -0.138. The number of carboxylic acids is 1. The maximum absolute atomic E-state index is 10.7. The first-order valence-corrected chi connectivity index (χ1v) is 5.96. The Balaban J connectivity index is 2.70. The molecule has 0 bridgehead atoms. The van der Waals surface area contributed by atoms with Crippen molar-refractivity contribution in [3.8, 4) is 0 Å². The minimum absolute atomic E-state index is 0.0123. The number of carboxylic acid groups (broad SMARTS) is 1. The number of carbonyl (C=O) groups is 1. The highest BCUT2D eigenvalue weighted by molar-refractivity contribution is 6.31. The summed E-state index contributed by atoms with van der Waals surface area (Å²) in [7, 11) is 0. The second-order valence-corrected chi connectivity index (χ2v) is 4.38. The van der Waals surface area contributed by atoms with Gasteiger partial charge in [-0.1, -0.05) is 18.5 Å². The van der Waals surface area contributed by atoms with Gasteiger partial charge in [-0.25, -0.2) is 0 Å². The number of aliphatic carboxylic acids is 1. The fourth-order valence-electron chi connectivity index (χ4n) is 1.71. The van der Waals surface area contributed by atoms with Crippen LogP contribution in [0.5, 0.6) is 0 Å². The van der Waals surface area contributed by atoms with Crippen LogP contribution in [0.4, 0.5) is 0 Å². The molecule has 0 aliphatic rings. The topological polar surface area (TPSA) is 53.4 Å². The van der Waals surface area contributed by atoms with Crippen molar-refractivity contribution in [1.82, 2.24) is 9.88 Å². The van der Waals surface area contributed by atoms with Crippen molar-refractivity contribution in [3.05, 3.63) is 29.0 Å². The molecule has 1 rings (SSSR count). The predicted octanol–water partition coefficient (Wildman–Crippen LogP) is 2.42. The van der Waals surface area contributed by atoms with E-state index in [9.17, 15) is 4.79 Å². The summed E-state index contributed by atoms with van der Waals surface area (Å²) in [5.74, 6) is -0.781. The molecule has 1 aromatic heterocycles. The van der Waals surface area contributed by atoms with Gasteiger partial charge in [0, 0.05) is 25.0 Å². The second kappa shape index (κ2) is 6.57. The van der Waals surface area contributed by atoms with Crippen LogP contribution in [0.15, 0.2) is 18.5 Å². The van der Waals surface area contributed by atoms with E-state index in [4.69, 9.17) is 16.7 Å². The zero-order valence-electron chi connectivity index (χ0n) is 10.1. The van der Waals surface area contributed by atoms with E-state index in [-0.39, 0.29) is 12.5 Å². The summed E-state index contributed by atoms with van der Waals surface area (Å²) >= 11 is 6.03. The van der Waals surface area contributed by atoms with Crippen molar-refractivity contribution in [2.45, 2.75) is 32.9 Å². The predicted molar refractivity (Wildman–Crippen MR) is 67.0 cm³/mol. The van der Waals surface area contributed by atoms with E-state index in [0.29, 0.717) is 11.6 Å². The lowest BCUT2D eigenvalue weighted by atomic mass is 10.1. The van der Waals surface area contributed by atoms with E-state index in [0.717, 1.165) is 12.1 Å². The third-order valence-electron chi connectivity index (χ3n) is 2.73. The molecular weight excluding hydrogens is 240 g/mol. The zero-order valence-corrected chi connectivity index (χ0v) is 10.8. The minimum atomic E-state index is -0.781. The van der Waals surface area contributed by atoms with Gasteiger partial charge in [0.15, 0.2) is 0 Å². The van der Waals surface area contributed by atoms with Gasteiger partial charge < -0.3 is 5.11 Å². The Hall–Kier alpha value is -1.13. The standard InChI is InChI=1S/C12H17ClN2O2/c1-3-15(9(2)6-12(16)17)8-10-4-5-14-7-11(10)13/h4-5,7,9H,3,6,8H2,1-2H3,(H,16,17). The highest BCUT2D eigenvalue weighted by Crippen LogP contribution is 2.17. The minimum Gasteiger partial charge on any atom is -0.481 e. The van der Waals surface area contributed by atoms with Crippen molar-refractivity contribution in [2.24, 2.45) is 0 Å². The molecule has 17 heavy (non-hydrogen) atoms. The maximum Gasteiger partial charge on any atom is 0.304 e. The fourth-order valence-corrected chi connectivity index (χ4v) is 1.89. The van der Waals surface area contributed by atoms with Crippen LogP contribution in [0.1, 0.15) is 25.8 Å². The molecule has 1 heterocycles. The van der Waals surface area contributed by atoms with Gasteiger partial charge in [-0.2, -0.15) is 0 Å². The molecule has 1 N–H and O–H groups in total.